The van der Waals surface area contributed by atoms with Crippen molar-refractivity contribution in [1.82, 2.24) is 10.6 Å². The Bertz CT molecular complexity index is 586. The van der Waals surface area contributed by atoms with Crippen molar-refractivity contribution < 1.29 is 19.4 Å². The molecule has 2 rings (SSSR count). The molecule has 1 heterocycles. The highest BCUT2D eigenvalue weighted by molar-refractivity contribution is 6.31. The van der Waals surface area contributed by atoms with E-state index >= 15 is 0 Å². The molecule has 0 bridgehead atoms. The van der Waals surface area contributed by atoms with Gasteiger partial charge in [-0.2, -0.15) is 0 Å². The largest absolute Gasteiger partial charge is 0.495 e. The predicted molar refractivity (Wildman–Crippen MR) is 93.9 cm³/mol. The van der Waals surface area contributed by atoms with Crippen molar-refractivity contribution in [2.75, 3.05) is 25.5 Å². The molecule has 7 nitrogen and oxygen atoms in total. The third-order valence-corrected chi connectivity index (χ3v) is 3.75. The summed E-state index contributed by atoms with van der Waals surface area (Å²) >= 11 is 5.90. The number of aliphatic hydroxyl groups excluding tert-OH is 1. The number of halogens is 2. The van der Waals surface area contributed by atoms with E-state index in [0.717, 1.165) is 0 Å². The van der Waals surface area contributed by atoms with Gasteiger partial charge in [-0.05, 0) is 24.6 Å². The lowest BCUT2D eigenvalue weighted by molar-refractivity contribution is -0.123. The zero-order valence-electron chi connectivity index (χ0n) is 13.2. The average molecular weight is 378 g/mol. The molecule has 2 atom stereocenters. The SMILES string of the molecule is COc1ccc(Cl)cc1NC(=O)CCNC(=O)C1CC(O)CN1.Cl. The molecule has 4 N–H and O–H groups in total. The normalized spacial score (nSPS) is 19.3. The van der Waals surface area contributed by atoms with E-state index in [1.54, 1.807) is 18.2 Å². The molecule has 134 valence electrons. The second-order valence-corrected chi connectivity index (χ2v) is 5.72. The van der Waals surface area contributed by atoms with Crippen molar-refractivity contribution in [2.24, 2.45) is 0 Å². The summed E-state index contributed by atoms with van der Waals surface area (Å²) in [5.74, 6) is 0.0379. The van der Waals surface area contributed by atoms with E-state index in [4.69, 9.17) is 16.3 Å². The number of methoxy groups -OCH3 is 1. The van der Waals surface area contributed by atoms with Gasteiger partial charge in [0.1, 0.15) is 5.75 Å². The lowest BCUT2D eigenvalue weighted by Crippen LogP contribution is -2.41. The summed E-state index contributed by atoms with van der Waals surface area (Å²) in [6, 6.07) is 4.53. The fourth-order valence-corrected chi connectivity index (χ4v) is 2.50. The van der Waals surface area contributed by atoms with Gasteiger partial charge in [-0.1, -0.05) is 11.6 Å². The summed E-state index contributed by atoms with van der Waals surface area (Å²) in [5.41, 5.74) is 0.483. The smallest absolute Gasteiger partial charge is 0.237 e. The van der Waals surface area contributed by atoms with Crippen molar-refractivity contribution in [3.63, 3.8) is 0 Å². The van der Waals surface area contributed by atoms with Gasteiger partial charge in [0.25, 0.3) is 0 Å². The van der Waals surface area contributed by atoms with Crippen LogP contribution in [-0.2, 0) is 9.59 Å². The quantitative estimate of drug-likeness (QED) is 0.591. The van der Waals surface area contributed by atoms with Crippen LogP contribution in [0.5, 0.6) is 5.75 Å². The minimum atomic E-state index is -0.496. The van der Waals surface area contributed by atoms with Crippen molar-refractivity contribution in [2.45, 2.75) is 25.0 Å². The van der Waals surface area contributed by atoms with Gasteiger partial charge in [-0.15, -0.1) is 12.4 Å². The van der Waals surface area contributed by atoms with E-state index in [-0.39, 0.29) is 37.2 Å². The second kappa shape index (κ2) is 9.68. The molecular formula is C15H21Cl2N3O4. The first-order chi connectivity index (χ1) is 11.0. The van der Waals surface area contributed by atoms with Gasteiger partial charge in [0.05, 0.1) is 24.9 Å². The number of carbonyl (C=O) groups is 2. The molecule has 0 radical (unpaired) electrons. The Morgan fingerprint density at radius 1 is 1.46 bits per heavy atom. The number of rotatable bonds is 6. The molecule has 1 aliphatic heterocycles. The predicted octanol–water partition coefficient (Wildman–Crippen LogP) is 0.938. The Kier molecular flexibility index (Phi) is 8.27. The zero-order chi connectivity index (χ0) is 16.8. The zero-order valence-corrected chi connectivity index (χ0v) is 14.7. The highest BCUT2D eigenvalue weighted by atomic mass is 35.5. The van der Waals surface area contributed by atoms with Crippen LogP contribution in [0.1, 0.15) is 12.8 Å². The molecule has 1 aromatic carbocycles. The van der Waals surface area contributed by atoms with Gasteiger partial charge in [0.15, 0.2) is 0 Å². The Balaban J connectivity index is 0.00000288. The number of ether oxygens (including phenoxy) is 1. The van der Waals surface area contributed by atoms with Gasteiger partial charge in [-0.3, -0.25) is 9.59 Å². The minimum absolute atomic E-state index is 0. The molecule has 24 heavy (non-hydrogen) atoms. The third kappa shape index (κ3) is 5.83. The van der Waals surface area contributed by atoms with Crippen LogP contribution in [-0.4, -0.2) is 49.3 Å². The fourth-order valence-electron chi connectivity index (χ4n) is 2.33. The van der Waals surface area contributed by atoms with E-state index in [2.05, 4.69) is 16.0 Å². The maximum atomic E-state index is 11.9. The topological polar surface area (TPSA) is 99.7 Å². The molecule has 1 fully saturated rings. The summed E-state index contributed by atoms with van der Waals surface area (Å²) in [4.78, 5) is 23.8. The van der Waals surface area contributed by atoms with Crippen LogP contribution in [0.15, 0.2) is 18.2 Å². The Morgan fingerprint density at radius 3 is 2.83 bits per heavy atom. The van der Waals surface area contributed by atoms with Gasteiger partial charge in [0, 0.05) is 24.5 Å². The van der Waals surface area contributed by atoms with E-state index < -0.39 is 12.1 Å². The molecule has 1 aromatic rings. The van der Waals surface area contributed by atoms with Crippen LogP contribution >= 0.6 is 24.0 Å². The molecule has 0 aromatic heterocycles. The van der Waals surface area contributed by atoms with Gasteiger partial charge < -0.3 is 25.8 Å². The van der Waals surface area contributed by atoms with Crippen LogP contribution < -0.4 is 20.7 Å². The average Bonchev–Trinajstić information content (AvgIpc) is 2.94. The second-order valence-electron chi connectivity index (χ2n) is 5.28. The number of hydrogen-bond donors (Lipinski definition) is 4. The molecule has 9 heteroatoms. The maximum Gasteiger partial charge on any atom is 0.237 e. The molecule has 0 saturated carbocycles. The number of amides is 2. The number of anilines is 1. The molecule has 1 saturated heterocycles. The van der Waals surface area contributed by atoms with Crippen molar-refractivity contribution in [1.29, 1.82) is 0 Å². The highest BCUT2D eigenvalue weighted by Gasteiger charge is 2.27. The summed E-state index contributed by atoms with van der Waals surface area (Å²) in [6.45, 7) is 0.620. The Morgan fingerprint density at radius 2 is 2.21 bits per heavy atom. The molecule has 0 aliphatic carbocycles. The molecule has 2 amide bonds. The van der Waals surface area contributed by atoms with Gasteiger partial charge >= 0.3 is 0 Å². The lowest BCUT2D eigenvalue weighted by Gasteiger charge is -2.12. The Labute approximate surface area is 151 Å². The standard InChI is InChI=1S/C15H20ClN3O4.ClH/c1-23-13-3-2-9(16)6-11(13)19-14(21)4-5-17-15(22)12-7-10(20)8-18-12;/h2-3,6,10,12,18,20H,4-5,7-8H2,1H3,(H,17,22)(H,19,21);1H. The lowest BCUT2D eigenvalue weighted by atomic mass is 10.2. The molecule has 1 aliphatic rings. The number of aliphatic hydroxyl groups is 1. The van der Waals surface area contributed by atoms with Crippen molar-refractivity contribution in [3.8, 4) is 5.75 Å². The Hall–Kier alpha value is -1.54. The van der Waals surface area contributed by atoms with E-state index in [9.17, 15) is 14.7 Å². The van der Waals surface area contributed by atoms with Crippen molar-refractivity contribution >= 4 is 41.5 Å². The van der Waals surface area contributed by atoms with Gasteiger partial charge in [0.2, 0.25) is 11.8 Å². The number of carbonyl (C=O) groups excluding carboxylic acids is 2. The van der Waals surface area contributed by atoms with Gasteiger partial charge in [-0.25, -0.2) is 0 Å². The number of nitrogens with one attached hydrogen (secondary N) is 3. The maximum absolute atomic E-state index is 11.9. The number of benzene rings is 1. The van der Waals surface area contributed by atoms with Crippen LogP contribution in [0.3, 0.4) is 0 Å². The van der Waals surface area contributed by atoms with Crippen LogP contribution in [0.25, 0.3) is 0 Å². The molecule has 0 spiro atoms. The first-order valence-electron chi connectivity index (χ1n) is 7.32. The number of hydrogen-bond acceptors (Lipinski definition) is 5. The van der Waals surface area contributed by atoms with E-state index in [1.807, 2.05) is 0 Å². The minimum Gasteiger partial charge on any atom is -0.495 e. The summed E-state index contributed by atoms with van der Waals surface area (Å²) in [7, 11) is 1.50. The summed E-state index contributed by atoms with van der Waals surface area (Å²) < 4.78 is 5.15. The molecule has 2 unspecified atom stereocenters. The van der Waals surface area contributed by atoms with E-state index in [0.29, 0.717) is 29.4 Å². The van der Waals surface area contributed by atoms with Crippen LogP contribution in [0.2, 0.25) is 5.02 Å². The number of β-amino-alcohol motifs (C(OH)–C–C–N with tert-alkyl or cyclic N) is 1. The first-order valence-corrected chi connectivity index (χ1v) is 7.70. The van der Waals surface area contributed by atoms with Crippen LogP contribution in [0, 0.1) is 0 Å². The molecular weight excluding hydrogens is 357 g/mol. The monoisotopic (exact) mass is 377 g/mol. The highest BCUT2D eigenvalue weighted by Crippen LogP contribution is 2.27. The summed E-state index contributed by atoms with van der Waals surface area (Å²) in [6.07, 6.45) is 0.0124. The van der Waals surface area contributed by atoms with E-state index in [1.165, 1.54) is 7.11 Å². The fraction of sp³-hybridized carbons (Fsp3) is 0.467. The first kappa shape index (κ1) is 20.5. The van der Waals surface area contributed by atoms with Crippen LogP contribution in [0.4, 0.5) is 5.69 Å². The van der Waals surface area contributed by atoms with Crippen molar-refractivity contribution in [3.05, 3.63) is 23.2 Å². The third-order valence-electron chi connectivity index (χ3n) is 3.51. The summed E-state index contributed by atoms with van der Waals surface area (Å²) in [5, 5.41) is 18.1.